The second kappa shape index (κ2) is 3.41. The zero-order chi connectivity index (χ0) is 10.9. The number of benzene rings is 1. The van der Waals surface area contributed by atoms with Crippen LogP contribution in [0.2, 0.25) is 0 Å². The summed E-state index contributed by atoms with van der Waals surface area (Å²) in [5.41, 5.74) is 3.98. The normalized spacial score (nSPS) is 9.86. The van der Waals surface area contributed by atoms with Gasteiger partial charge in [0.15, 0.2) is 0 Å². The summed E-state index contributed by atoms with van der Waals surface area (Å²) in [4.78, 5) is 20.2. The number of primary amides is 1. The molecular formula is C8H7FN2O3. The molecule has 0 saturated heterocycles. The summed E-state index contributed by atoms with van der Waals surface area (Å²) < 4.78 is 13.3. The number of hydrogen-bond acceptors (Lipinski definition) is 3. The van der Waals surface area contributed by atoms with Crippen LogP contribution < -0.4 is 5.73 Å². The largest absolute Gasteiger partial charge is 0.365 e. The van der Waals surface area contributed by atoms with Gasteiger partial charge in [0.25, 0.3) is 5.91 Å². The number of amides is 1. The minimum Gasteiger partial charge on any atom is -0.365 e. The molecule has 2 N–H and O–H groups in total. The topological polar surface area (TPSA) is 86.2 Å². The molecule has 1 rings (SSSR count). The minimum absolute atomic E-state index is 0.278. The average Bonchev–Trinajstić information content (AvgIpc) is 2.02. The Morgan fingerprint density at radius 1 is 1.57 bits per heavy atom. The van der Waals surface area contributed by atoms with Crippen LogP contribution in [0.25, 0.3) is 0 Å². The van der Waals surface area contributed by atoms with Crippen molar-refractivity contribution in [2.45, 2.75) is 6.92 Å². The first kappa shape index (κ1) is 10.1. The van der Waals surface area contributed by atoms with Crippen molar-refractivity contribution in [2.75, 3.05) is 0 Å². The van der Waals surface area contributed by atoms with Crippen LogP contribution in [-0.4, -0.2) is 10.8 Å². The Kier molecular flexibility index (Phi) is 2.46. The molecule has 0 saturated carbocycles. The molecule has 0 aliphatic rings. The summed E-state index contributed by atoms with van der Waals surface area (Å²) in [6.07, 6.45) is 0. The summed E-state index contributed by atoms with van der Waals surface area (Å²) in [6, 6.07) is 2.28. The van der Waals surface area contributed by atoms with Crippen molar-refractivity contribution in [1.29, 1.82) is 0 Å². The molecule has 1 amide bonds. The van der Waals surface area contributed by atoms with Gasteiger partial charge in [-0.1, -0.05) is 6.07 Å². The minimum atomic E-state index is -1.18. The summed E-state index contributed by atoms with van der Waals surface area (Å²) >= 11 is 0. The van der Waals surface area contributed by atoms with Crippen LogP contribution >= 0.6 is 0 Å². The lowest BCUT2D eigenvalue weighted by Crippen LogP contribution is -2.15. The fourth-order valence-electron chi connectivity index (χ4n) is 1.11. The maximum atomic E-state index is 13.3. The third kappa shape index (κ3) is 1.54. The number of nitrogens with two attached hydrogens (primary N) is 1. The van der Waals surface area contributed by atoms with E-state index in [0.29, 0.717) is 0 Å². The van der Waals surface area contributed by atoms with E-state index in [1.54, 1.807) is 0 Å². The first-order valence-corrected chi connectivity index (χ1v) is 3.68. The van der Waals surface area contributed by atoms with Gasteiger partial charge < -0.3 is 5.73 Å². The fraction of sp³-hybridized carbons (Fsp3) is 0.125. The van der Waals surface area contributed by atoms with E-state index in [4.69, 9.17) is 5.73 Å². The lowest BCUT2D eigenvalue weighted by molar-refractivity contribution is -0.387. The van der Waals surface area contributed by atoms with Crippen molar-refractivity contribution < 1.29 is 14.1 Å². The highest BCUT2D eigenvalue weighted by Gasteiger charge is 2.22. The summed E-state index contributed by atoms with van der Waals surface area (Å²) in [5.74, 6) is -2.19. The zero-order valence-electron chi connectivity index (χ0n) is 7.28. The number of rotatable bonds is 2. The van der Waals surface area contributed by atoms with Crippen LogP contribution in [0.4, 0.5) is 10.1 Å². The van der Waals surface area contributed by atoms with Crippen LogP contribution in [0.5, 0.6) is 0 Å². The van der Waals surface area contributed by atoms with E-state index >= 15 is 0 Å². The van der Waals surface area contributed by atoms with Gasteiger partial charge in [0.1, 0.15) is 0 Å². The predicted molar refractivity (Wildman–Crippen MR) is 46.3 cm³/mol. The van der Waals surface area contributed by atoms with Gasteiger partial charge in [0, 0.05) is 6.07 Å². The molecule has 0 aliphatic heterocycles. The molecule has 0 heterocycles. The Balaban J connectivity index is 3.49. The van der Waals surface area contributed by atoms with Gasteiger partial charge in [-0.25, -0.2) is 0 Å². The van der Waals surface area contributed by atoms with Gasteiger partial charge >= 0.3 is 5.69 Å². The molecule has 0 aliphatic carbocycles. The maximum Gasteiger partial charge on any atom is 0.305 e. The maximum absolute atomic E-state index is 13.3. The van der Waals surface area contributed by atoms with E-state index in [9.17, 15) is 19.3 Å². The molecule has 0 radical (unpaired) electrons. The monoisotopic (exact) mass is 198 g/mol. The molecule has 0 aromatic heterocycles. The van der Waals surface area contributed by atoms with Crippen LogP contribution in [0.15, 0.2) is 12.1 Å². The van der Waals surface area contributed by atoms with Gasteiger partial charge in [0.2, 0.25) is 5.82 Å². The van der Waals surface area contributed by atoms with E-state index in [1.165, 1.54) is 13.0 Å². The average molecular weight is 198 g/mol. The first-order valence-electron chi connectivity index (χ1n) is 3.68. The van der Waals surface area contributed by atoms with Gasteiger partial charge in [-0.2, -0.15) is 4.39 Å². The Labute approximate surface area is 78.5 Å². The number of carbonyl (C=O) groups excluding carboxylic acids is 1. The number of carbonyl (C=O) groups is 1. The molecule has 0 spiro atoms. The van der Waals surface area contributed by atoms with E-state index < -0.39 is 27.9 Å². The highest BCUT2D eigenvalue weighted by atomic mass is 19.1. The van der Waals surface area contributed by atoms with Crippen molar-refractivity contribution in [2.24, 2.45) is 5.73 Å². The molecule has 6 heteroatoms. The summed E-state index contributed by atoms with van der Waals surface area (Å²) in [7, 11) is 0. The molecule has 0 bridgehead atoms. The van der Waals surface area contributed by atoms with Crippen molar-refractivity contribution in [3.05, 3.63) is 39.2 Å². The molecule has 0 fully saturated rings. The Morgan fingerprint density at radius 3 is 2.57 bits per heavy atom. The lowest BCUT2D eigenvalue weighted by atomic mass is 10.1. The number of aryl methyl sites for hydroxylation is 1. The van der Waals surface area contributed by atoms with Crippen LogP contribution in [-0.2, 0) is 0 Å². The van der Waals surface area contributed by atoms with Crippen molar-refractivity contribution >= 4 is 11.6 Å². The third-order valence-electron chi connectivity index (χ3n) is 1.77. The number of halogens is 1. The predicted octanol–water partition coefficient (Wildman–Crippen LogP) is 1.14. The Morgan fingerprint density at radius 2 is 2.14 bits per heavy atom. The number of nitrogens with zero attached hydrogens (tertiary/aromatic N) is 1. The summed E-state index contributed by atoms with van der Waals surface area (Å²) in [5, 5.41) is 10.3. The summed E-state index contributed by atoms with van der Waals surface area (Å²) in [6.45, 7) is 1.45. The van der Waals surface area contributed by atoms with Crippen LogP contribution in [0.1, 0.15) is 15.9 Å². The fourth-order valence-corrected chi connectivity index (χ4v) is 1.11. The Bertz CT molecular complexity index is 417. The molecule has 1 aromatic carbocycles. The van der Waals surface area contributed by atoms with Crippen LogP contribution in [0, 0.1) is 22.9 Å². The quantitative estimate of drug-likeness (QED) is 0.571. The highest BCUT2D eigenvalue weighted by molar-refractivity contribution is 5.95. The first-order chi connectivity index (χ1) is 6.45. The standard InChI is InChI=1S/C8H7FN2O3/c1-4-2-3-5(11(13)14)7(9)6(4)8(10)12/h2-3H,1H3,(H2,10,12). The second-order valence-electron chi connectivity index (χ2n) is 2.71. The number of hydrogen-bond donors (Lipinski definition) is 1. The zero-order valence-corrected chi connectivity index (χ0v) is 7.28. The lowest BCUT2D eigenvalue weighted by Gasteiger charge is -2.02. The van der Waals surface area contributed by atoms with Crippen molar-refractivity contribution in [1.82, 2.24) is 0 Å². The SMILES string of the molecule is Cc1ccc([N+](=O)[O-])c(F)c1C(N)=O. The molecule has 0 unspecified atom stereocenters. The molecule has 1 aromatic rings. The highest BCUT2D eigenvalue weighted by Crippen LogP contribution is 2.22. The molecular weight excluding hydrogens is 191 g/mol. The van der Waals surface area contributed by atoms with Gasteiger partial charge in [-0.3, -0.25) is 14.9 Å². The van der Waals surface area contributed by atoms with Gasteiger partial charge in [-0.05, 0) is 12.5 Å². The Hall–Kier alpha value is -1.98. The smallest absolute Gasteiger partial charge is 0.305 e. The van der Waals surface area contributed by atoms with E-state index in [2.05, 4.69) is 0 Å². The van der Waals surface area contributed by atoms with Gasteiger partial charge in [-0.15, -0.1) is 0 Å². The van der Waals surface area contributed by atoms with Crippen LogP contribution in [0.3, 0.4) is 0 Å². The second-order valence-corrected chi connectivity index (χ2v) is 2.71. The number of nitro benzene ring substituents is 1. The third-order valence-corrected chi connectivity index (χ3v) is 1.77. The van der Waals surface area contributed by atoms with E-state index in [0.717, 1.165) is 6.07 Å². The number of nitro groups is 1. The van der Waals surface area contributed by atoms with Crippen molar-refractivity contribution in [3.8, 4) is 0 Å². The molecule has 0 atom stereocenters. The van der Waals surface area contributed by atoms with Crippen molar-refractivity contribution in [3.63, 3.8) is 0 Å². The molecule has 5 nitrogen and oxygen atoms in total. The van der Waals surface area contributed by atoms with E-state index in [-0.39, 0.29) is 5.56 Å². The molecule has 74 valence electrons. The van der Waals surface area contributed by atoms with Gasteiger partial charge in [0.05, 0.1) is 10.5 Å². The van der Waals surface area contributed by atoms with E-state index in [1.807, 2.05) is 0 Å². The molecule has 14 heavy (non-hydrogen) atoms.